The molecule has 0 bridgehead atoms. The maximum atomic E-state index is 12.3. The Morgan fingerprint density at radius 3 is 2.96 bits per heavy atom. The average molecular weight is 318 g/mol. The Hall–Kier alpha value is -1.59. The monoisotopic (exact) mass is 318 g/mol. The van der Waals surface area contributed by atoms with E-state index >= 15 is 0 Å². The summed E-state index contributed by atoms with van der Waals surface area (Å²) in [5, 5.41) is 3.62. The maximum absolute atomic E-state index is 12.3. The Morgan fingerprint density at radius 2 is 2.22 bits per heavy atom. The lowest BCUT2D eigenvalue weighted by atomic mass is 10.1. The third kappa shape index (κ3) is 3.67. The Balaban J connectivity index is 1.57. The van der Waals surface area contributed by atoms with E-state index in [1.54, 1.807) is 7.11 Å². The molecule has 1 aromatic carbocycles. The molecule has 0 unspecified atom stereocenters. The first-order valence-corrected chi connectivity index (χ1v) is 8.46. The number of morpholine rings is 1. The van der Waals surface area contributed by atoms with Crippen molar-refractivity contribution in [1.82, 2.24) is 10.2 Å². The summed E-state index contributed by atoms with van der Waals surface area (Å²) < 4.78 is 10.8. The van der Waals surface area contributed by atoms with E-state index in [4.69, 9.17) is 9.47 Å². The molecule has 1 fully saturated rings. The van der Waals surface area contributed by atoms with Crippen molar-refractivity contribution in [1.29, 1.82) is 0 Å². The molecule has 23 heavy (non-hydrogen) atoms. The molecule has 0 saturated carbocycles. The number of benzene rings is 1. The first-order chi connectivity index (χ1) is 11.2. The highest BCUT2D eigenvalue weighted by Gasteiger charge is 2.27. The van der Waals surface area contributed by atoms with Crippen LogP contribution in [-0.2, 0) is 16.0 Å². The zero-order valence-electron chi connectivity index (χ0n) is 14.0. The Kier molecular flexibility index (Phi) is 5.18. The van der Waals surface area contributed by atoms with Crippen LogP contribution >= 0.6 is 0 Å². The Bertz CT molecular complexity index is 555. The zero-order chi connectivity index (χ0) is 16.2. The molecule has 0 radical (unpaired) electrons. The van der Waals surface area contributed by atoms with Crippen LogP contribution in [0.5, 0.6) is 5.75 Å². The van der Waals surface area contributed by atoms with E-state index in [-0.39, 0.29) is 11.9 Å². The molecule has 126 valence electrons. The number of ether oxygens (including phenoxy) is 2. The predicted molar refractivity (Wildman–Crippen MR) is 88.7 cm³/mol. The third-order valence-electron chi connectivity index (χ3n) is 4.78. The van der Waals surface area contributed by atoms with Gasteiger partial charge in [0, 0.05) is 31.6 Å². The third-order valence-corrected chi connectivity index (χ3v) is 4.78. The molecule has 1 N–H and O–H groups in total. The fraction of sp³-hybridized carbons (Fsp3) is 0.611. The molecular formula is C18H26N2O3. The Morgan fingerprint density at radius 1 is 1.43 bits per heavy atom. The minimum absolute atomic E-state index is 0.160. The first-order valence-electron chi connectivity index (χ1n) is 8.46. The lowest BCUT2D eigenvalue weighted by molar-refractivity contribution is -0.135. The summed E-state index contributed by atoms with van der Waals surface area (Å²) in [4.78, 5) is 14.2. The lowest BCUT2D eigenvalue weighted by Crippen LogP contribution is -2.43. The van der Waals surface area contributed by atoms with Crippen LogP contribution in [0.4, 0.5) is 0 Å². The van der Waals surface area contributed by atoms with Crippen LogP contribution in [0.3, 0.4) is 0 Å². The van der Waals surface area contributed by atoms with Crippen molar-refractivity contribution < 1.29 is 14.3 Å². The van der Waals surface area contributed by atoms with Crippen molar-refractivity contribution in [3.05, 3.63) is 29.3 Å². The minimum Gasteiger partial charge on any atom is -0.496 e. The number of fused-ring (bicyclic) bond motifs is 1. The molecule has 2 atom stereocenters. The fourth-order valence-electron chi connectivity index (χ4n) is 3.59. The van der Waals surface area contributed by atoms with Crippen molar-refractivity contribution in [2.75, 3.05) is 33.4 Å². The second-order valence-electron chi connectivity index (χ2n) is 6.38. The summed E-state index contributed by atoms with van der Waals surface area (Å²) in [5.41, 5.74) is 2.62. The van der Waals surface area contributed by atoms with Gasteiger partial charge in [0.1, 0.15) is 5.75 Å². The van der Waals surface area contributed by atoms with Gasteiger partial charge in [-0.25, -0.2) is 0 Å². The smallest absolute Gasteiger partial charge is 0.224 e. The summed E-state index contributed by atoms with van der Waals surface area (Å²) in [7, 11) is 1.72. The summed E-state index contributed by atoms with van der Waals surface area (Å²) in [6.07, 6.45) is 2.63. The second-order valence-corrected chi connectivity index (χ2v) is 6.38. The van der Waals surface area contributed by atoms with Crippen LogP contribution in [-0.4, -0.2) is 50.3 Å². The van der Waals surface area contributed by atoms with E-state index in [2.05, 4.69) is 18.3 Å². The molecule has 1 aliphatic heterocycles. The van der Waals surface area contributed by atoms with Crippen LogP contribution in [0.1, 0.15) is 36.9 Å². The van der Waals surface area contributed by atoms with Gasteiger partial charge in [0.2, 0.25) is 5.91 Å². The highest BCUT2D eigenvalue weighted by molar-refractivity contribution is 5.76. The molecule has 1 aromatic rings. The van der Waals surface area contributed by atoms with Crippen LogP contribution in [0, 0.1) is 0 Å². The van der Waals surface area contributed by atoms with Gasteiger partial charge in [0.05, 0.1) is 20.3 Å². The van der Waals surface area contributed by atoms with Crippen molar-refractivity contribution in [3.63, 3.8) is 0 Å². The molecule has 1 aliphatic carbocycles. The SMILES string of the molecule is COc1cccc2c1CC[C@H]2N[C@H](C)CC(=O)N1CCOCC1. The lowest BCUT2D eigenvalue weighted by Gasteiger charge is -2.29. The standard InChI is InChI=1S/C18H26N2O3/c1-13(12-18(21)20-8-10-23-11-9-20)19-16-7-6-15-14(16)4-3-5-17(15)22-2/h3-5,13,16,19H,6-12H2,1-2H3/t13-,16-/m1/s1. The van der Waals surface area contributed by atoms with Gasteiger partial charge in [0.25, 0.3) is 0 Å². The number of hydrogen-bond acceptors (Lipinski definition) is 4. The average Bonchev–Trinajstić information content (AvgIpc) is 2.98. The first kappa shape index (κ1) is 16.3. The van der Waals surface area contributed by atoms with E-state index in [0.717, 1.165) is 31.7 Å². The van der Waals surface area contributed by atoms with Crippen LogP contribution in [0.2, 0.25) is 0 Å². The van der Waals surface area contributed by atoms with Gasteiger partial charge in [-0.1, -0.05) is 12.1 Å². The molecule has 0 spiro atoms. The van der Waals surface area contributed by atoms with Gasteiger partial charge in [-0.05, 0) is 37.0 Å². The van der Waals surface area contributed by atoms with E-state index in [1.807, 2.05) is 17.0 Å². The quantitative estimate of drug-likeness (QED) is 0.901. The van der Waals surface area contributed by atoms with Gasteiger partial charge in [0.15, 0.2) is 0 Å². The highest BCUT2D eigenvalue weighted by atomic mass is 16.5. The number of rotatable bonds is 5. The van der Waals surface area contributed by atoms with Crippen LogP contribution < -0.4 is 10.1 Å². The summed E-state index contributed by atoms with van der Waals surface area (Å²) in [6, 6.07) is 6.70. The molecule has 0 aromatic heterocycles. The van der Waals surface area contributed by atoms with Crippen LogP contribution in [0.25, 0.3) is 0 Å². The predicted octanol–water partition coefficient (Wildman–Crippen LogP) is 1.91. The summed E-state index contributed by atoms with van der Waals surface area (Å²) in [6.45, 7) is 4.84. The van der Waals surface area contributed by atoms with E-state index in [1.165, 1.54) is 11.1 Å². The molecule has 1 saturated heterocycles. The maximum Gasteiger partial charge on any atom is 0.224 e. The van der Waals surface area contributed by atoms with Gasteiger partial charge in [-0.15, -0.1) is 0 Å². The minimum atomic E-state index is 0.160. The fourth-order valence-corrected chi connectivity index (χ4v) is 3.59. The number of nitrogens with one attached hydrogen (secondary N) is 1. The number of hydrogen-bond donors (Lipinski definition) is 1. The van der Waals surface area contributed by atoms with Gasteiger partial charge < -0.3 is 19.7 Å². The molecular weight excluding hydrogens is 292 g/mol. The second kappa shape index (κ2) is 7.32. The zero-order valence-corrected chi connectivity index (χ0v) is 14.0. The van der Waals surface area contributed by atoms with Crippen molar-refractivity contribution in [3.8, 4) is 5.75 Å². The number of methoxy groups -OCH3 is 1. The molecule has 2 aliphatic rings. The number of carbonyl (C=O) groups is 1. The summed E-state index contributed by atoms with van der Waals surface area (Å²) >= 11 is 0. The molecule has 3 rings (SSSR count). The van der Waals surface area contributed by atoms with E-state index in [0.29, 0.717) is 25.7 Å². The molecule has 5 nitrogen and oxygen atoms in total. The van der Waals surface area contributed by atoms with E-state index in [9.17, 15) is 4.79 Å². The van der Waals surface area contributed by atoms with Crippen molar-refractivity contribution >= 4 is 5.91 Å². The van der Waals surface area contributed by atoms with Crippen molar-refractivity contribution in [2.24, 2.45) is 0 Å². The number of nitrogens with zero attached hydrogens (tertiary/aromatic N) is 1. The largest absolute Gasteiger partial charge is 0.496 e. The number of carbonyl (C=O) groups excluding carboxylic acids is 1. The van der Waals surface area contributed by atoms with Gasteiger partial charge in [-0.2, -0.15) is 0 Å². The topological polar surface area (TPSA) is 50.8 Å². The van der Waals surface area contributed by atoms with Gasteiger partial charge >= 0.3 is 0 Å². The Labute approximate surface area is 137 Å². The van der Waals surface area contributed by atoms with Crippen molar-refractivity contribution in [2.45, 2.75) is 38.3 Å². The van der Waals surface area contributed by atoms with E-state index < -0.39 is 0 Å². The highest BCUT2D eigenvalue weighted by Crippen LogP contribution is 2.37. The normalized spacial score (nSPS) is 21.8. The summed E-state index contributed by atoms with van der Waals surface area (Å²) in [5.74, 6) is 1.20. The number of amides is 1. The van der Waals surface area contributed by atoms with Crippen LogP contribution in [0.15, 0.2) is 18.2 Å². The van der Waals surface area contributed by atoms with Gasteiger partial charge in [-0.3, -0.25) is 4.79 Å². The molecule has 1 heterocycles. The molecule has 5 heteroatoms. The molecule has 1 amide bonds.